The molecule has 0 spiro atoms. The maximum absolute atomic E-state index is 12.8. The van der Waals surface area contributed by atoms with E-state index in [0.29, 0.717) is 0 Å². The molecule has 74 valence electrons. The van der Waals surface area contributed by atoms with Gasteiger partial charge in [-0.1, -0.05) is 0 Å². The largest absolute Gasteiger partial charge is 0.383 e. The van der Waals surface area contributed by atoms with E-state index in [-0.39, 0.29) is 5.82 Å². The molecule has 0 aliphatic carbocycles. The Hall–Kier alpha value is -1.01. The summed E-state index contributed by atoms with van der Waals surface area (Å²) in [6.45, 7) is 2.53. The molecule has 14 heavy (non-hydrogen) atoms. The van der Waals surface area contributed by atoms with Crippen molar-refractivity contribution < 1.29 is 4.39 Å². The van der Waals surface area contributed by atoms with E-state index in [0.717, 1.165) is 23.1 Å². The highest BCUT2D eigenvalue weighted by molar-refractivity contribution is 9.10. The Labute approximate surface area is 91.8 Å². The first-order valence-corrected chi connectivity index (χ1v) is 5.12. The number of nitrogens with one attached hydrogen (secondary N) is 1. The lowest BCUT2D eigenvalue weighted by molar-refractivity contribution is 0.628. The van der Waals surface area contributed by atoms with E-state index < -0.39 is 0 Å². The third-order valence-electron chi connectivity index (χ3n) is 1.67. The zero-order valence-corrected chi connectivity index (χ0v) is 9.49. The van der Waals surface area contributed by atoms with E-state index in [9.17, 15) is 4.39 Å². The number of halogens is 2. The van der Waals surface area contributed by atoms with Crippen LogP contribution in [0.3, 0.4) is 0 Å². The fourth-order valence-corrected chi connectivity index (χ4v) is 1.40. The second-order valence-electron chi connectivity index (χ2n) is 2.73. The van der Waals surface area contributed by atoms with Crippen LogP contribution in [0.15, 0.2) is 22.7 Å². The number of hydrogen-bond acceptors (Lipinski definition) is 1. The molecule has 0 fully saturated rings. The molecule has 1 aromatic rings. The predicted molar refractivity (Wildman–Crippen MR) is 60.7 cm³/mol. The van der Waals surface area contributed by atoms with Gasteiger partial charge in [0.15, 0.2) is 0 Å². The van der Waals surface area contributed by atoms with Gasteiger partial charge in [0.2, 0.25) is 0 Å². The minimum Gasteiger partial charge on any atom is -0.383 e. The third-order valence-corrected chi connectivity index (χ3v) is 2.36. The Bertz CT molecular complexity index is 365. The van der Waals surface area contributed by atoms with Crippen LogP contribution in [0.5, 0.6) is 0 Å². The summed E-state index contributed by atoms with van der Waals surface area (Å²) in [7, 11) is 0. The van der Waals surface area contributed by atoms with Crippen LogP contribution in [0.25, 0.3) is 0 Å². The molecule has 0 bridgehead atoms. The monoisotopic (exact) mass is 255 g/mol. The first-order valence-electron chi connectivity index (χ1n) is 4.32. The normalized spacial score (nSPS) is 9.07. The molecule has 1 aromatic carbocycles. The van der Waals surface area contributed by atoms with Crippen LogP contribution in [-0.2, 0) is 0 Å². The quantitative estimate of drug-likeness (QED) is 0.645. The fraction of sp³-hybridized carbons (Fsp3) is 0.273. The van der Waals surface area contributed by atoms with Crippen LogP contribution in [0.1, 0.15) is 13.3 Å². The molecular formula is C11H11BrFN. The molecule has 0 heterocycles. The standard InChI is InChI=1S/C11H11BrFN/c1-2-3-4-7-14-11-8-9(13)5-6-10(11)12/h5-6,8,14H,4,7H2,1H3. The lowest BCUT2D eigenvalue weighted by Crippen LogP contribution is -2.01. The van der Waals surface area contributed by atoms with Crippen molar-refractivity contribution in [3.05, 3.63) is 28.5 Å². The molecule has 1 N–H and O–H groups in total. The Balaban J connectivity index is 2.56. The molecule has 0 aliphatic heterocycles. The van der Waals surface area contributed by atoms with E-state index in [2.05, 4.69) is 33.1 Å². The average Bonchev–Trinajstić information content (AvgIpc) is 2.18. The summed E-state index contributed by atoms with van der Waals surface area (Å²) in [5.41, 5.74) is 0.767. The van der Waals surface area contributed by atoms with E-state index in [4.69, 9.17) is 0 Å². The van der Waals surface area contributed by atoms with E-state index in [1.807, 2.05) is 0 Å². The van der Waals surface area contributed by atoms with E-state index in [1.54, 1.807) is 13.0 Å². The Kier molecular flexibility index (Phi) is 4.48. The van der Waals surface area contributed by atoms with Gasteiger partial charge in [0.1, 0.15) is 5.82 Å². The minimum absolute atomic E-state index is 0.239. The summed E-state index contributed by atoms with van der Waals surface area (Å²) in [5.74, 6) is 5.50. The molecule has 0 aromatic heterocycles. The van der Waals surface area contributed by atoms with Crippen LogP contribution in [0.4, 0.5) is 10.1 Å². The highest BCUT2D eigenvalue weighted by atomic mass is 79.9. The van der Waals surface area contributed by atoms with Crippen molar-refractivity contribution in [2.45, 2.75) is 13.3 Å². The molecule has 0 amide bonds. The number of anilines is 1. The Morgan fingerprint density at radius 3 is 3.00 bits per heavy atom. The second kappa shape index (κ2) is 5.66. The number of hydrogen-bond donors (Lipinski definition) is 1. The molecule has 0 saturated carbocycles. The van der Waals surface area contributed by atoms with Gasteiger partial charge in [0.05, 0.1) is 5.69 Å². The van der Waals surface area contributed by atoms with Gasteiger partial charge in [-0.25, -0.2) is 4.39 Å². The summed E-state index contributed by atoms with van der Waals surface area (Å²) < 4.78 is 13.7. The van der Waals surface area contributed by atoms with Crippen LogP contribution in [-0.4, -0.2) is 6.54 Å². The maximum Gasteiger partial charge on any atom is 0.125 e. The summed E-state index contributed by atoms with van der Waals surface area (Å²) in [5, 5.41) is 3.10. The van der Waals surface area contributed by atoms with E-state index in [1.165, 1.54) is 12.1 Å². The van der Waals surface area contributed by atoms with Gasteiger partial charge >= 0.3 is 0 Å². The topological polar surface area (TPSA) is 12.0 Å². The summed E-state index contributed by atoms with van der Waals surface area (Å²) in [4.78, 5) is 0. The first kappa shape index (κ1) is 11.1. The van der Waals surface area contributed by atoms with Crippen LogP contribution in [0.2, 0.25) is 0 Å². The van der Waals surface area contributed by atoms with E-state index >= 15 is 0 Å². The summed E-state index contributed by atoms with van der Waals surface area (Å²) >= 11 is 3.33. The fourth-order valence-electron chi connectivity index (χ4n) is 1.02. The van der Waals surface area contributed by atoms with Gasteiger partial charge in [-0.15, -0.1) is 11.8 Å². The van der Waals surface area contributed by atoms with Gasteiger partial charge in [-0.3, -0.25) is 0 Å². The van der Waals surface area contributed by atoms with Gasteiger partial charge in [0.25, 0.3) is 0 Å². The van der Waals surface area contributed by atoms with Crippen LogP contribution >= 0.6 is 15.9 Å². The highest BCUT2D eigenvalue weighted by Gasteiger charge is 1.99. The van der Waals surface area contributed by atoms with Crippen molar-refractivity contribution in [2.24, 2.45) is 0 Å². The van der Waals surface area contributed by atoms with Gasteiger partial charge in [0, 0.05) is 17.4 Å². The zero-order valence-electron chi connectivity index (χ0n) is 7.90. The molecule has 3 heteroatoms. The van der Waals surface area contributed by atoms with Gasteiger partial charge in [-0.2, -0.15) is 0 Å². The number of rotatable bonds is 3. The van der Waals surface area contributed by atoms with Crippen LogP contribution < -0.4 is 5.32 Å². The molecule has 1 nitrogen and oxygen atoms in total. The van der Waals surface area contributed by atoms with Crippen LogP contribution in [0, 0.1) is 17.7 Å². The smallest absolute Gasteiger partial charge is 0.125 e. The summed E-state index contributed by atoms with van der Waals surface area (Å²) in [6, 6.07) is 4.56. The molecule has 0 radical (unpaired) electrons. The van der Waals surface area contributed by atoms with Crippen molar-refractivity contribution in [2.75, 3.05) is 11.9 Å². The minimum atomic E-state index is -0.239. The average molecular weight is 256 g/mol. The first-order chi connectivity index (χ1) is 6.74. The molecular weight excluding hydrogens is 245 g/mol. The zero-order chi connectivity index (χ0) is 10.4. The highest BCUT2D eigenvalue weighted by Crippen LogP contribution is 2.22. The van der Waals surface area contributed by atoms with Crippen molar-refractivity contribution in [1.82, 2.24) is 0 Å². The Morgan fingerprint density at radius 2 is 2.29 bits per heavy atom. The van der Waals surface area contributed by atoms with Gasteiger partial charge < -0.3 is 5.32 Å². The Morgan fingerprint density at radius 1 is 1.50 bits per heavy atom. The summed E-state index contributed by atoms with van der Waals surface area (Å²) in [6.07, 6.45) is 0.763. The lowest BCUT2D eigenvalue weighted by atomic mass is 10.3. The molecule has 0 aliphatic rings. The van der Waals surface area contributed by atoms with Crippen molar-refractivity contribution in [3.8, 4) is 11.8 Å². The third kappa shape index (κ3) is 3.39. The van der Waals surface area contributed by atoms with Crippen molar-refractivity contribution in [3.63, 3.8) is 0 Å². The van der Waals surface area contributed by atoms with Gasteiger partial charge in [-0.05, 0) is 41.1 Å². The molecule has 0 atom stereocenters. The molecule has 0 unspecified atom stereocenters. The second-order valence-corrected chi connectivity index (χ2v) is 3.58. The maximum atomic E-state index is 12.8. The molecule has 0 saturated heterocycles. The van der Waals surface area contributed by atoms with Crippen molar-refractivity contribution >= 4 is 21.6 Å². The van der Waals surface area contributed by atoms with Crippen molar-refractivity contribution in [1.29, 1.82) is 0 Å². The lowest BCUT2D eigenvalue weighted by Gasteiger charge is -2.06. The SMILES string of the molecule is CC#CCCNc1cc(F)ccc1Br. The number of benzene rings is 1. The predicted octanol–water partition coefficient (Wildman–Crippen LogP) is 3.41. The molecule has 1 rings (SSSR count).